The minimum Gasteiger partial charge on any atom is -0.480 e. The van der Waals surface area contributed by atoms with E-state index < -0.39 is 11.5 Å². The summed E-state index contributed by atoms with van der Waals surface area (Å²) in [6.45, 7) is 1.56. The highest BCUT2D eigenvalue weighted by Gasteiger charge is 2.32. The predicted octanol–water partition coefficient (Wildman–Crippen LogP) is 1.29. The molecular weight excluding hydrogens is 154 g/mol. The molecule has 1 aliphatic rings. The second-order valence-electron chi connectivity index (χ2n) is 3.48. The fraction of sp³-hybridized carbons (Fsp3) is 0.667. The maximum absolute atomic E-state index is 10.8. The first-order valence-corrected chi connectivity index (χ1v) is 4.27. The largest absolute Gasteiger partial charge is 0.480 e. The van der Waals surface area contributed by atoms with Gasteiger partial charge < -0.3 is 10.8 Å². The minimum atomic E-state index is -1.15. The van der Waals surface area contributed by atoms with E-state index in [-0.39, 0.29) is 0 Å². The maximum atomic E-state index is 10.8. The topological polar surface area (TPSA) is 63.3 Å². The number of allylic oxidation sites excluding steroid dienone is 1. The highest BCUT2D eigenvalue weighted by molar-refractivity contribution is 5.82. The van der Waals surface area contributed by atoms with Crippen LogP contribution in [-0.4, -0.2) is 16.6 Å². The van der Waals surface area contributed by atoms with Crippen LogP contribution in [0.3, 0.4) is 0 Å². The molecule has 0 aromatic heterocycles. The number of carboxylic acid groups (broad SMARTS) is 1. The van der Waals surface area contributed by atoms with Gasteiger partial charge in [0.15, 0.2) is 0 Å². The van der Waals surface area contributed by atoms with E-state index in [4.69, 9.17) is 10.8 Å². The monoisotopic (exact) mass is 169 g/mol. The lowest BCUT2D eigenvalue weighted by Gasteiger charge is -2.25. The molecule has 0 aliphatic heterocycles. The van der Waals surface area contributed by atoms with Crippen molar-refractivity contribution < 1.29 is 9.90 Å². The van der Waals surface area contributed by atoms with Crippen LogP contribution in [0.25, 0.3) is 0 Å². The maximum Gasteiger partial charge on any atom is 0.327 e. The summed E-state index contributed by atoms with van der Waals surface area (Å²) in [4.78, 5) is 10.8. The fourth-order valence-corrected chi connectivity index (χ4v) is 1.45. The van der Waals surface area contributed by atoms with Crippen LogP contribution < -0.4 is 5.73 Å². The quantitative estimate of drug-likeness (QED) is 0.612. The van der Waals surface area contributed by atoms with E-state index in [9.17, 15) is 4.79 Å². The van der Waals surface area contributed by atoms with Crippen molar-refractivity contribution in [3.05, 3.63) is 11.6 Å². The molecule has 1 atom stereocenters. The lowest BCUT2D eigenvalue weighted by Crippen LogP contribution is -2.47. The summed E-state index contributed by atoms with van der Waals surface area (Å²) >= 11 is 0. The molecule has 0 amide bonds. The van der Waals surface area contributed by atoms with E-state index >= 15 is 0 Å². The molecule has 0 saturated carbocycles. The Morgan fingerprint density at radius 2 is 2.33 bits per heavy atom. The van der Waals surface area contributed by atoms with Crippen molar-refractivity contribution in [2.45, 2.75) is 38.1 Å². The van der Waals surface area contributed by atoms with Crippen molar-refractivity contribution in [3.8, 4) is 0 Å². The van der Waals surface area contributed by atoms with Gasteiger partial charge in [0.2, 0.25) is 0 Å². The smallest absolute Gasteiger partial charge is 0.327 e. The SMILES string of the molecule is CC(N)(C(=O)O)C1=CCCCC1. The average molecular weight is 169 g/mol. The normalized spacial score (nSPS) is 22.7. The molecule has 0 fully saturated rings. The molecule has 3 N–H and O–H groups in total. The van der Waals surface area contributed by atoms with Gasteiger partial charge in [0.25, 0.3) is 0 Å². The molecule has 0 aromatic carbocycles. The summed E-state index contributed by atoms with van der Waals surface area (Å²) in [5.41, 5.74) is 5.39. The molecular formula is C9H15NO2. The van der Waals surface area contributed by atoms with Crippen molar-refractivity contribution in [2.24, 2.45) is 5.73 Å². The van der Waals surface area contributed by atoms with Crippen LogP contribution in [0.5, 0.6) is 0 Å². The number of hydrogen-bond acceptors (Lipinski definition) is 2. The van der Waals surface area contributed by atoms with Gasteiger partial charge in [0, 0.05) is 0 Å². The lowest BCUT2D eigenvalue weighted by molar-refractivity contribution is -0.141. The van der Waals surface area contributed by atoms with Gasteiger partial charge in [-0.1, -0.05) is 6.08 Å². The van der Waals surface area contributed by atoms with E-state index in [1.54, 1.807) is 6.92 Å². The Morgan fingerprint density at radius 1 is 1.67 bits per heavy atom. The van der Waals surface area contributed by atoms with Crippen molar-refractivity contribution in [2.75, 3.05) is 0 Å². The van der Waals surface area contributed by atoms with Crippen LogP contribution in [0.15, 0.2) is 11.6 Å². The first kappa shape index (κ1) is 9.26. The second-order valence-corrected chi connectivity index (χ2v) is 3.48. The third-order valence-corrected chi connectivity index (χ3v) is 2.40. The Kier molecular flexibility index (Phi) is 2.52. The summed E-state index contributed by atoms with van der Waals surface area (Å²) in [5.74, 6) is -0.935. The molecule has 68 valence electrons. The Labute approximate surface area is 72.3 Å². The molecule has 0 heterocycles. The van der Waals surface area contributed by atoms with Crippen LogP contribution in [0.1, 0.15) is 32.6 Å². The molecule has 1 rings (SSSR count). The van der Waals surface area contributed by atoms with Crippen molar-refractivity contribution >= 4 is 5.97 Å². The van der Waals surface area contributed by atoms with Crippen LogP contribution in [0.2, 0.25) is 0 Å². The molecule has 3 nitrogen and oxygen atoms in total. The summed E-state index contributed by atoms with van der Waals surface area (Å²) < 4.78 is 0. The van der Waals surface area contributed by atoms with Crippen LogP contribution in [0.4, 0.5) is 0 Å². The Balaban J connectivity index is 2.79. The number of nitrogens with two attached hydrogens (primary N) is 1. The van der Waals surface area contributed by atoms with Crippen LogP contribution in [0, 0.1) is 0 Å². The Bertz CT molecular complexity index is 219. The zero-order chi connectivity index (χ0) is 9.19. The molecule has 0 aromatic rings. The van der Waals surface area contributed by atoms with Gasteiger partial charge >= 0.3 is 5.97 Å². The molecule has 12 heavy (non-hydrogen) atoms. The highest BCUT2D eigenvalue weighted by Crippen LogP contribution is 2.25. The third-order valence-electron chi connectivity index (χ3n) is 2.40. The molecule has 1 unspecified atom stereocenters. The summed E-state index contributed by atoms with van der Waals surface area (Å²) in [5, 5.41) is 8.83. The summed E-state index contributed by atoms with van der Waals surface area (Å²) in [7, 11) is 0. The molecule has 0 radical (unpaired) electrons. The standard InChI is InChI=1S/C9H15NO2/c1-9(10,8(11)12)7-5-3-2-4-6-7/h5H,2-4,6,10H2,1H3,(H,11,12). The molecule has 3 heteroatoms. The number of carbonyl (C=O) groups is 1. The Morgan fingerprint density at radius 3 is 2.75 bits per heavy atom. The van der Waals surface area contributed by atoms with Crippen molar-refractivity contribution in [1.82, 2.24) is 0 Å². The molecule has 1 aliphatic carbocycles. The van der Waals surface area contributed by atoms with Gasteiger partial charge in [-0.2, -0.15) is 0 Å². The number of rotatable bonds is 2. The first-order chi connectivity index (χ1) is 5.55. The van der Waals surface area contributed by atoms with E-state index in [2.05, 4.69) is 0 Å². The van der Waals surface area contributed by atoms with E-state index in [0.717, 1.165) is 31.3 Å². The van der Waals surface area contributed by atoms with Crippen molar-refractivity contribution in [3.63, 3.8) is 0 Å². The molecule has 0 bridgehead atoms. The first-order valence-electron chi connectivity index (χ1n) is 4.27. The average Bonchev–Trinajstić information content (AvgIpc) is 2.06. The lowest BCUT2D eigenvalue weighted by atomic mass is 9.85. The van der Waals surface area contributed by atoms with E-state index in [1.165, 1.54) is 0 Å². The third kappa shape index (κ3) is 1.67. The Hall–Kier alpha value is -0.830. The summed E-state index contributed by atoms with van der Waals surface area (Å²) in [6.07, 6.45) is 5.98. The number of aliphatic carboxylic acids is 1. The van der Waals surface area contributed by atoms with E-state index in [1.807, 2.05) is 6.08 Å². The fourth-order valence-electron chi connectivity index (χ4n) is 1.45. The second kappa shape index (κ2) is 3.27. The van der Waals surface area contributed by atoms with Gasteiger partial charge in [-0.25, -0.2) is 4.79 Å². The minimum absolute atomic E-state index is 0.833. The van der Waals surface area contributed by atoms with Crippen molar-refractivity contribution in [1.29, 1.82) is 0 Å². The zero-order valence-electron chi connectivity index (χ0n) is 7.34. The van der Waals surface area contributed by atoms with Gasteiger partial charge in [0.05, 0.1) is 0 Å². The van der Waals surface area contributed by atoms with Crippen LogP contribution in [-0.2, 0) is 4.79 Å². The summed E-state index contributed by atoms with van der Waals surface area (Å²) in [6, 6.07) is 0. The van der Waals surface area contributed by atoms with Gasteiger partial charge in [-0.15, -0.1) is 0 Å². The molecule has 0 spiro atoms. The van der Waals surface area contributed by atoms with Crippen LogP contribution >= 0.6 is 0 Å². The highest BCUT2D eigenvalue weighted by atomic mass is 16.4. The zero-order valence-corrected chi connectivity index (χ0v) is 7.34. The number of carboxylic acids is 1. The van der Waals surface area contributed by atoms with Gasteiger partial charge in [-0.3, -0.25) is 0 Å². The number of hydrogen-bond donors (Lipinski definition) is 2. The molecule has 0 saturated heterocycles. The van der Waals surface area contributed by atoms with Gasteiger partial charge in [-0.05, 0) is 38.2 Å². The predicted molar refractivity (Wildman–Crippen MR) is 46.8 cm³/mol. The van der Waals surface area contributed by atoms with Gasteiger partial charge in [0.1, 0.15) is 5.54 Å². The van der Waals surface area contributed by atoms with E-state index in [0.29, 0.717) is 0 Å².